The summed E-state index contributed by atoms with van der Waals surface area (Å²) in [6.45, 7) is 6.53. The molecule has 0 aliphatic rings. The van der Waals surface area contributed by atoms with Gasteiger partial charge in [-0.3, -0.25) is 18.1 Å². The maximum Gasteiger partial charge on any atom is 0.327 e. The first kappa shape index (κ1) is 29.5. The molecule has 0 saturated carbocycles. The minimum atomic E-state index is -2.78. The molecule has 11 heteroatoms. The smallest absolute Gasteiger partial charge is 0.327 e. The number of carboxylic acid groups (broad SMARTS) is 1. The summed E-state index contributed by atoms with van der Waals surface area (Å²) in [5.41, 5.74) is 4.12. The predicted molar refractivity (Wildman–Crippen MR) is 158 cm³/mol. The van der Waals surface area contributed by atoms with E-state index in [9.17, 15) is 28.3 Å². The summed E-state index contributed by atoms with van der Waals surface area (Å²) in [6, 6.07) is 17.6. The zero-order valence-electron chi connectivity index (χ0n) is 23.2. The van der Waals surface area contributed by atoms with Crippen molar-refractivity contribution < 1.29 is 32.7 Å². The minimum Gasteiger partial charge on any atom is -0.755 e. The van der Waals surface area contributed by atoms with Gasteiger partial charge in [0.15, 0.2) is 5.76 Å². The first-order chi connectivity index (χ1) is 19.4. The van der Waals surface area contributed by atoms with Crippen LogP contribution in [0.4, 0.5) is 17.1 Å². The second-order valence-electron chi connectivity index (χ2n) is 9.93. The van der Waals surface area contributed by atoms with Gasteiger partial charge in [-0.2, -0.15) is 0 Å². The fourth-order valence-corrected chi connectivity index (χ4v) is 5.49. The van der Waals surface area contributed by atoms with Gasteiger partial charge < -0.3 is 24.3 Å². The minimum absolute atomic E-state index is 0.142. The molecule has 0 bridgehead atoms. The molecule has 214 valence electrons. The van der Waals surface area contributed by atoms with Crippen LogP contribution in [0.5, 0.6) is 0 Å². The SMILES string of the molecule is CC(=O)N(C)c1cccc2oc(C(=O)Nc3ccc(-c4ccc(N(C(C(=O)O)C(C)C)S(=O)[O-])cc4)cc3)c(C)c12. The first-order valence-corrected chi connectivity index (χ1v) is 13.8. The fourth-order valence-electron chi connectivity index (χ4n) is 4.68. The van der Waals surface area contributed by atoms with Crippen LogP contribution in [-0.2, 0) is 20.9 Å². The normalized spacial score (nSPS) is 12.7. The number of carbonyl (C=O) groups excluding carboxylic acids is 2. The number of hydrogen-bond donors (Lipinski definition) is 2. The zero-order valence-corrected chi connectivity index (χ0v) is 24.0. The number of anilines is 3. The lowest BCUT2D eigenvalue weighted by molar-refractivity contribution is -0.139. The average Bonchev–Trinajstić information content (AvgIpc) is 3.27. The van der Waals surface area contributed by atoms with E-state index in [0.717, 1.165) is 15.4 Å². The number of nitrogens with one attached hydrogen (secondary N) is 1. The molecule has 0 spiro atoms. The van der Waals surface area contributed by atoms with E-state index in [4.69, 9.17) is 4.42 Å². The number of hydrogen-bond acceptors (Lipinski definition) is 6. The number of amides is 2. The van der Waals surface area contributed by atoms with E-state index in [1.807, 2.05) is 0 Å². The number of benzene rings is 3. The van der Waals surface area contributed by atoms with Gasteiger partial charge in [0.2, 0.25) is 5.91 Å². The summed E-state index contributed by atoms with van der Waals surface area (Å²) in [6.07, 6.45) is 0. The average molecular weight is 577 g/mol. The fraction of sp³-hybridized carbons (Fsp3) is 0.233. The zero-order chi connectivity index (χ0) is 30.0. The van der Waals surface area contributed by atoms with Gasteiger partial charge in [-0.1, -0.05) is 44.2 Å². The molecule has 2 N–H and O–H groups in total. The van der Waals surface area contributed by atoms with E-state index in [1.54, 1.807) is 94.5 Å². The Balaban J connectivity index is 1.53. The van der Waals surface area contributed by atoms with Crippen LogP contribution >= 0.6 is 0 Å². The van der Waals surface area contributed by atoms with Crippen LogP contribution in [0.25, 0.3) is 22.1 Å². The number of furan rings is 1. The van der Waals surface area contributed by atoms with E-state index in [1.165, 1.54) is 11.8 Å². The molecule has 0 saturated heterocycles. The molecule has 3 aromatic carbocycles. The van der Waals surface area contributed by atoms with Crippen molar-refractivity contribution in [1.29, 1.82) is 0 Å². The van der Waals surface area contributed by atoms with E-state index in [2.05, 4.69) is 5.32 Å². The third-order valence-corrected chi connectivity index (χ3v) is 7.63. The van der Waals surface area contributed by atoms with Gasteiger partial charge in [0.25, 0.3) is 5.91 Å². The highest BCUT2D eigenvalue weighted by Gasteiger charge is 2.30. The number of aliphatic carboxylic acids is 1. The lowest BCUT2D eigenvalue weighted by Gasteiger charge is -2.34. The second-order valence-corrected chi connectivity index (χ2v) is 10.8. The maximum atomic E-state index is 13.1. The molecule has 1 aromatic heterocycles. The van der Waals surface area contributed by atoms with Crippen molar-refractivity contribution in [3.05, 3.63) is 78.1 Å². The van der Waals surface area contributed by atoms with Gasteiger partial charge in [-0.05, 0) is 60.4 Å². The van der Waals surface area contributed by atoms with Crippen LogP contribution in [0.3, 0.4) is 0 Å². The molecule has 2 amide bonds. The van der Waals surface area contributed by atoms with Crippen molar-refractivity contribution in [3.63, 3.8) is 0 Å². The number of nitrogens with zero attached hydrogens (tertiary/aromatic N) is 2. The number of carboxylic acids is 1. The first-order valence-electron chi connectivity index (χ1n) is 12.8. The van der Waals surface area contributed by atoms with Gasteiger partial charge in [-0.15, -0.1) is 0 Å². The molecule has 2 unspecified atom stereocenters. The largest absolute Gasteiger partial charge is 0.755 e. The van der Waals surface area contributed by atoms with Gasteiger partial charge >= 0.3 is 5.97 Å². The van der Waals surface area contributed by atoms with E-state index < -0.39 is 35.1 Å². The third kappa shape index (κ3) is 6.01. The molecule has 2 atom stereocenters. The summed E-state index contributed by atoms with van der Waals surface area (Å²) >= 11 is -2.78. The summed E-state index contributed by atoms with van der Waals surface area (Å²) in [5, 5.41) is 13.1. The van der Waals surface area contributed by atoms with Crippen molar-refractivity contribution in [1.82, 2.24) is 0 Å². The summed E-state index contributed by atoms with van der Waals surface area (Å²) in [5.74, 6) is -2.11. The second kappa shape index (κ2) is 11.9. The number of aryl methyl sites for hydroxylation is 1. The lowest BCUT2D eigenvalue weighted by atomic mass is 10.0. The summed E-state index contributed by atoms with van der Waals surface area (Å²) in [4.78, 5) is 38.2. The van der Waals surface area contributed by atoms with E-state index in [-0.39, 0.29) is 17.4 Å². The topological polar surface area (TPSA) is 143 Å². The Kier molecular flexibility index (Phi) is 8.60. The Bertz CT molecular complexity index is 1630. The number of rotatable bonds is 9. The summed E-state index contributed by atoms with van der Waals surface area (Å²) in [7, 11) is 1.66. The van der Waals surface area contributed by atoms with Gasteiger partial charge in [-0.25, -0.2) is 4.79 Å². The molecule has 4 aromatic rings. The Morgan fingerprint density at radius 1 is 0.976 bits per heavy atom. The highest BCUT2D eigenvalue weighted by atomic mass is 32.2. The quantitative estimate of drug-likeness (QED) is 0.256. The molecular formula is C30H30N3O7S-. The number of fused-ring (bicyclic) bond motifs is 1. The Morgan fingerprint density at radius 2 is 1.56 bits per heavy atom. The Morgan fingerprint density at radius 3 is 2.07 bits per heavy atom. The van der Waals surface area contributed by atoms with E-state index >= 15 is 0 Å². The van der Waals surface area contributed by atoms with Gasteiger partial charge in [0.1, 0.15) is 11.6 Å². The highest BCUT2D eigenvalue weighted by molar-refractivity contribution is 7.80. The van der Waals surface area contributed by atoms with Crippen LogP contribution < -0.4 is 14.5 Å². The molecule has 0 aliphatic carbocycles. The maximum absolute atomic E-state index is 13.1. The lowest BCUT2D eigenvalue weighted by Crippen LogP contribution is -2.45. The Hall–Kier alpha value is -4.48. The molecule has 41 heavy (non-hydrogen) atoms. The Labute approximate surface area is 240 Å². The van der Waals surface area contributed by atoms with Crippen molar-refractivity contribution in [3.8, 4) is 11.1 Å². The van der Waals surface area contributed by atoms with Crippen molar-refractivity contribution in [2.45, 2.75) is 33.7 Å². The number of carbonyl (C=O) groups is 3. The molecule has 0 fully saturated rings. The molecule has 1 heterocycles. The molecule has 4 rings (SSSR count). The van der Waals surface area contributed by atoms with E-state index in [0.29, 0.717) is 27.9 Å². The monoisotopic (exact) mass is 576 g/mol. The highest BCUT2D eigenvalue weighted by Crippen LogP contribution is 2.34. The molecular weight excluding hydrogens is 546 g/mol. The van der Waals surface area contributed by atoms with Crippen LogP contribution in [0, 0.1) is 12.8 Å². The van der Waals surface area contributed by atoms with Gasteiger partial charge in [0.05, 0.1) is 5.69 Å². The molecule has 0 radical (unpaired) electrons. The van der Waals surface area contributed by atoms with Crippen LogP contribution in [-0.4, -0.2) is 44.7 Å². The predicted octanol–water partition coefficient (Wildman–Crippen LogP) is 5.35. The van der Waals surface area contributed by atoms with Gasteiger partial charge in [0, 0.05) is 47.6 Å². The van der Waals surface area contributed by atoms with Crippen LogP contribution in [0.15, 0.2) is 71.1 Å². The van der Waals surface area contributed by atoms with Crippen LogP contribution in [0.2, 0.25) is 0 Å². The standard InChI is InChI=1S/C30H31N3O7S/c1-17(2)27(30(36)37)33(41(38)39)23-15-11-21(12-16-23)20-9-13-22(14-10-20)31-29(35)28-18(3)26-24(32(5)19(4)34)7-6-8-25(26)40-28/h6-17,27H,1-5H3,(H,31,35)(H,36,37)(H,38,39)/p-1. The van der Waals surface area contributed by atoms with Crippen molar-refractivity contribution >= 4 is 57.1 Å². The molecule has 10 nitrogen and oxygen atoms in total. The van der Waals surface area contributed by atoms with Crippen LogP contribution in [0.1, 0.15) is 36.9 Å². The molecule has 0 aliphatic heterocycles. The van der Waals surface area contributed by atoms with Crippen molar-refractivity contribution in [2.24, 2.45) is 5.92 Å². The summed E-state index contributed by atoms with van der Waals surface area (Å²) < 4.78 is 30.5. The van der Waals surface area contributed by atoms with Crippen molar-refractivity contribution in [2.75, 3.05) is 21.6 Å². The third-order valence-electron chi connectivity index (χ3n) is 6.87.